The zero-order valence-electron chi connectivity index (χ0n) is 45.7. The first-order valence-electron chi connectivity index (χ1n) is 28.0. The molecule has 0 saturated heterocycles. The number of rotatable bonds is 8. The summed E-state index contributed by atoms with van der Waals surface area (Å²) < 4.78 is 0. The maximum Gasteiger partial charge on any atom is 0.0543 e. The minimum atomic E-state index is -0.247. The lowest BCUT2D eigenvalue weighted by Crippen LogP contribution is -2.24. The molecule has 2 nitrogen and oxygen atoms in total. The maximum absolute atomic E-state index is 2.64. The van der Waals surface area contributed by atoms with Gasteiger partial charge in [0.05, 0.1) is 22.7 Å². The lowest BCUT2D eigenvalue weighted by molar-refractivity contribution is 0.475. The molecule has 3 aliphatic rings. The second kappa shape index (κ2) is 16.9. The molecule has 0 N–H and O–H groups in total. The molecule has 15 rings (SSSR count). The van der Waals surface area contributed by atoms with Crippen LogP contribution < -0.4 is 9.80 Å². The van der Waals surface area contributed by atoms with Crippen LogP contribution in [0.25, 0.3) is 76.8 Å². The molecular formula is C76H62N2. The van der Waals surface area contributed by atoms with E-state index < -0.39 is 0 Å². The Morgan fingerprint density at radius 2 is 0.795 bits per heavy atom. The van der Waals surface area contributed by atoms with E-state index in [1.54, 1.807) is 0 Å². The molecule has 0 atom stereocenters. The molecule has 0 bridgehead atoms. The topological polar surface area (TPSA) is 6.48 Å². The van der Waals surface area contributed by atoms with E-state index in [1.807, 2.05) is 0 Å². The lowest BCUT2D eigenvalue weighted by Gasteiger charge is -2.38. The van der Waals surface area contributed by atoms with Gasteiger partial charge in [0, 0.05) is 38.4 Å². The Kier molecular flexibility index (Phi) is 10.1. The van der Waals surface area contributed by atoms with Gasteiger partial charge in [0.25, 0.3) is 0 Å². The zero-order valence-corrected chi connectivity index (χ0v) is 45.7. The summed E-state index contributed by atoms with van der Waals surface area (Å²) in [5.41, 5.74) is 26.3. The normalized spacial score (nSPS) is 15.1. The van der Waals surface area contributed by atoms with E-state index in [9.17, 15) is 0 Å². The monoisotopic (exact) mass is 1000 g/mol. The molecule has 2 heteroatoms. The van der Waals surface area contributed by atoms with E-state index in [4.69, 9.17) is 0 Å². The van der Waals surface area contributed by atoms with Crippen molar-refractivity contribution in [2.45, 2.75) is 77.6 Å². The van der Waals surface area contributed by atoms with E-state index in [-0.39, 0.29) is 16.2 Å². The van der Waals surface area contributed by atoms with Gasteiger partial charge >= 0.3 is 0 Å². The number of hydrogen-bond acceptors (Lipinski definition) is 2. The second-order valence-electron chi connectivity index (χ2n) is 24.2. The fourth-order valence-corrected chi connectivity index (χ4v) is 14.7. The Hall–Kier alpha value is -8.72. The van der Waals surface area contributed by atoms with Gasteiger partial charge in [-0.25, -0.2) is 0 Å². The Bertz CT molecular complexity index is 4420. The molecule has 0 heterocycles. The summed E-state index contributed by atoms with van der Waals surface area (Å²) in [5, 5.41) is 8.00. The highest BCUT2D eigenvalue weighted by Gasteiger charge is 2.42. The first kappa shape index (κ1) is 46.6. The highest BCUT2D eigenvalue weighted by atomic mass is 15.2. The molecule has 0 aliphatic heterocycles. The van der Waals surface area contributed by atoms with E-state index in [2.05, 4.69) is 283 Å². The number of benzene rings is 12. The SMILES string of the molecule is Cc1cc(N(c2cccc(-c3ccccc3)c2)c2cccc3c2C(C)(C)c2ccccc2-3)c2cc3c4c(cc(N(c5cccc(-c6ccccc6)c5)c5cccc6c5C(C)(C)c5ccccc5-6)c5ccc1c2c54)CCC3(C)C. The van der Waals surface area contributed by atoms with Crippen molar-refractivity contribution in [2.75, 3.05) is 9.80 Å². The second-order valence-corrected chi connectivity index (χ2v) is 24.2. The number of aryl methyl sites for hydroxylation is 2. The van der Waals surface area contributed by atoms with Crippen LogP contribution in [0.3, 0.4) is 0 Å². The Labute approximate surface area is 459 Å². The molecular weight excluding hydrogens is 941 g/mol. The fraction of sp³-hybridized carbons (Fsp3) is 0.158. The average molecular weight is 1000 g/mol. The summed E-state index contributed by atoms with van der Waals surface area (Å²) in [7, 11) is 0. The molecule has 12 aromatic carbocycles. The van der Waals surface area contributed by atoms with Gasteiger partial charge in [-0.2, -0.15) is 0 Å². The van der Waals surface area contributed by atoms with Crippen molar-refractivity contribution in [2.24, 2.45) is 0 Å². The Balaban J connectivity index is 1.06. The number of nitrogens with zero attached hydrogens (tertiary/aromatic N) is 2. The summed E-state index contributed by atoms with van der Waals surface area (Å²) in [5.74, 6) is 0. The molecule has 0 saturated carbocycles. The van der Waals surface area contributed by atoms with Crippen LogP contribution in [-0.2, 0) is 22.7 Å². The summed E-state index contributed by atoms with van der Waals surface area (Å²) in [6.07, 6.45) is 2.05. The largest absolute Gasteiger partial charge is 0.310 e. The van der Waals surface area contributed by atoms with Crippen LogP contribution in [0, 0.1) is 6.92 Å². The van der Waals surface area contributed by atoms with Gasteiger partial charge < -0.3 is 9.80 Å². The molecule has 3 aliphatic carbocycles. The van der Waals surface area contributed by atoms with Crippen molar-refractivity contribution in [3.05, 3.63) is 263 Å². The van der Waals surface area contributed by atoms with Crippen LogP contribution in [-0.4, -0.2) is 0 Å². The summed E-state index contributed by atoms with van der Waals surface area (Å²) in [4.78, 5) is 5.28. The molecule has 0 fully saturated rings. The minimum absolute atomic E-state index is 0.0705. The predicted molar refractivity (Wildman–Crippen MR) is 332 cm³/mol. The molecule has 376 valence electrons. The van der Waals surface area contributed by atoms with Crippen molar-refractivity contribution >= 4 is 66.4 Å². The predicted octanol–water partition coefficient (Wildman–Crippen LogP) is 21.0. The highest BCUT2D eigenvalue weighted by Crippen LogP contribution is 2.59. The number of fused-ring (bicyclic) bond motifs is 6. The summed E-state index contributed by atoms with van der Waals surface area (Å²) >= 11 is 0. The molecule has 0 aromatic heterocycles. The summed E-state index contributed by atoms with van der Waals surface area (Å²) in [6, 6.07) is 85.1. The third-order valence-electron chi connectivity index (χ3n) is 18.5. The van der Waals surface area contributed by atoms with Gasteiger partial charge in [-0.15, -0.1) is 0 Å². The molecule has 78 heavy (non-hydrogen) atoms. The number of hydrogen-bond donors (Lipinski definition) is 0. The summed E-state index contributed by atoms with van der Waals surface area (Å²) in [6.45, 7) is 17.0. The zero-order chi connectivity index (χ0) is 52.8. The standard InChI is InChI=1S/C76H62N2/c1-47-42-67(77(53-28-18-26-50(43-53)48-22-10-8-11-23-48)65-36-20-32-58-56-30-14-16-34-62(56)75(4,5)72(58)65)61-46-64-69-52(40-41-74(64,2)3)45-68(60-39-38-55(47)70(61)71(60)69)78(54-29-19-27-51(44-54)49-24-12-9-13-25-49)66-37-21-33-59-57-31-15-17-35-63(57)76(6,7)73(59)66/h8-39,42-46H,40-41H2,1-7H3. The van der Waals surface area contributed by atoms with Crippen LogP contribution >= 0.6 is 0 Å². The van der Waals surface area contributed by atoms with Crippen molar-refractivity contribution in [3.8, 4) is 44.5 Å². The average Bonchev–Trinajstić information content (AvgIpc) is 3.62. The van der Waals surface area contributed by atoms with Crippen molar-refractivity contribution in [1.29, 1.82) is 0 Å². The molecule has 0 radical (unpaired) electrons. The van der Waals surface area contributed by atoms with Crippen LogP contribution in [0.5, 0.6) is 0 Å². The van der Waals surface area contributed by atoms with Crippen LogP contribution in [0.2, 0.25) is 0 Å². The molecule has 0 amide bonds. The van der Waals surface area contributed by atoms with E-state index in [1.165, 1.54) is 139 Å². The third kappa shape index (κ3) is 6.68. The molecule has 0 unspecified atom stereocenters. The number of anilines is 6. The van der Waals surface area contributed by atoms with Gasteiger partial charge in [0.2, 0.25) is 0 Å². The maximum atomic E-state index is 2.64. The molecule has 0 spiro atoms. The lowest BCUT2D eigenvalue weighted by atomic mass is 9.70. The first-order chi connectivity index (χ1) is 37.9. The van der Waals surface area contributed by atoms with Gasteiger partial charge in [-0.1, -0.05) is 211 Å². The van der Waals surface area contributed by atoms with E-state index in [0.717, 1.165) is 24.2 Å². The fourth-order valence-electron chi connectivity index (χ4n) is 14.7. The third-order valence-corrected chi connectivity index (χ3v) is 18.5. The van der Waals surface area contributed by atoms with Crippen LogP contribution in [0.4, 0.5) is 34.1 Å². The minimum Gasteiger partial charge on any atom is -0.310 e. The van der Waals surface area contributed by atoms with Gasteiger partial charge in [-0.3, -0.25) is 0 Å². The van der Waals surface area contributed by atoms with Gasteiger partial charge in [0.1, 0.15) is 0 Å². The molecule has 12 aromatic rings. The van der Waals surface area contributed by atoms with Crippen LogP contribution in [0.1, 0.15) is 86.9 Å². The van der Waals surface area contributed by atoms with Crippen LogP contribution in [0.15, 0.2) is 224 Å². The van der Waals surface area contributed by atoms with Crippen molar-refractivity contribution in [3.63, 3.8) is 0 Å². The smallest absolute Gasteiger partial charge is 0.0543 e. The Morgan fingerprint density at radius 3 is 1.35 bits per heavy atom. The van der Waals surface area contributed by atoms with Crippen molar-refractivity contribution in [1.82, 2.24) is 0 Å². The van der Waals surface area contributed by atoms with E-state index in [0.29, 0.717) is 0 Å². The first-order valence-corrected chi connectivity index (χ1v) is 28.0. The van der Waals surface area contributed by atoms with E-state index >= 15 is 0 Å². The van der Waals surface area contributed by atoms with Gasteiger partial charge in [-0.05, 0) is 179 Å². The van der Waals surface area contributed by atoms with Gasteiger partial charge in [0.15, 0.2) is 0 Å². The Morgan fingerprint density at radius 1 is 0.333 bits per heavy atom. The quantitative estimate of drug-likeness (QED) is 0.140. The van der Waals surface area contributed by atoms with Crippen molar-refractivity contribution < 1.29 is 0 Å². The highest BCUT2D eigenvalue weighted by molar-refractivity contribution is 6.30.